The fourth-order valence-corrected chi connectivity index (χ4v) is 4.33. The van der Waals surface area contributed by atoms with Crippen molar-refractivity contribution in [2.24, 2.45) is 5.92 Å². The lowest BCUT2D eigenvalue weighted by Crippen LogP contribution is -2.52. The maximum atomic E-state index is 14.0. The number of nitrogens with zero attached hydrogens (tertiary/aromatic N) is 4. The largest absolute Gasteiger partial charge is 0.358 e. The van der Waals surface area contributed by atoms with Gasteiger partial charge in [-0.1, -0.05) is 24.4 Å². The highest BCUT2D eigenvalue weighted by Crippen LogP contribution is 2.28. The second-order valence-electron chi connectivity index (χ2n) is 7.57. The lowest BCUT2D eigenvalue weighted by atomic mass is 10.1. The van der Waals surface area contributed by atoms with Crippen molar-refractivity contribution in [1.29, 1.82) is 0 Å². The van der Waals surface area contributed by atoms with Crippen LogP contribution < -0.4 is 10.5 Å². The van der Waals surface area contributed by atoms with Gasteiger partial charge in [-0.15, -0.1) is 0 Å². The number of hydrogen-bond acceptors (Lipinski definition) is 4. The summed E-state index contributed by atoms with van der Waals surface area (Å²) >= 11 is 6.25. The molecule has 1 aromatic carbocycles. The number of piperazine rings is 1. The quantitative estimate of drug-likeness (QED) is 0.760. The van der Waals surface area contributed by atoms with E-state index >= 15 is 0 Å². The minimum atomic E-state index is -0.917. The number of amides is 1. The molecule has 1 aliphatic carbocycles. The predicted molar refractivity (Wildman–Crippen MR) is 106 cm³/mol. The fourth-order valence-electron chi connectivity index (χ4n) is 4.08. The SMILES string of the molecule is O=C1CN(c2cnn(-c3ccc(F)cc3F)c(=O)c2Cl)CCN1CC1CCCC1. The van der Waals surface area contributed by atoms with Gasteiger partial charge in [0.1, 0.15) is 16.5 Å². The molecule has 0 unspecified atom stereocenters. The highest BCUT2D eigenvalue weighted by Gasteiger charge is 2.29. The zero-order valence-corrected chi connectivity index (χ0v) is 16.5. The Morgan fingerprint density at radius 2 is 1.86 bits per heavy atom. The van der Waals surface area contributed by atoms with Crippen LogP contribution in [-0.2, 0) is 4.79 Å². The van der Waals surface area contributed by atoms with E-state index in [0.717, 1.165) is 23.4 Å². The number of carbonyl (C=O) groups excluding carboxylic acids is 1. The minimum absolute atomic E-state index is 0.00651. The molecule has 6 nitrogen and oxygen atoms in total. The Kier molecular flexibility index (Phi) is 5.54. The number of halogens is 3. The molecule has 1 aromatic heterocycles. The first-order valence-corrected chi connectivity index (χ1v) is 10.1. The van der Waals surface area contributed by atoms with Crippen molar-refractivity contribution in [2.75, 3.05) is 31.1 Å². The molecule has 1 amide bonds. The van der Waals surface area contributed by atoms with Crippen LogP contribution in [0.15, 0.2) is 29.2 Å². The molecule has 29 heavy (non-hydrogen) atoms. The van der Waals surface area contributed by atoms with Gasteiger partial charge in [-0.2, -0.15) is 9.78 Å². The van der Waals surface area contributed by atoms with E-state index in [1.807, 2.05) is 4.90 Å². The van der Waals surface area contributed by atoms with Gasteiger partial charge in [-0.25, -0.2) is 8.78 Å². The van der Waals surface area contributed by atoms with Crippen molar-refractivity contribution in [3.05, 3.63) is 51.4 Å². The Balaban J connectivity index is 1.53. The maximum absolute atomic E-state index is 14.0. The first-order chi connectivity index (χ1) is 13.9. The van der Waals surface area contributed by atoms with Gasteiger partial charge in [-0.05, 0) is 30.9 Å². The number of carbonyl (C=O) groups is 1. The van der Waals surface area contributed by atoms with Gasteiger partial charge in [0, 0.05) is 25.7 Å². The molecule has 2 aliphatic rings. The second-order valence-corrected chi connectivity index (χ2v) is 7.95. The minimum Gasteiger partial charge on any atom is -0.358 e. The topological polar surface area (TPSA) is 58.4 Å². The first-order valence-electron chi connectivity index (χ1n) is 9.70. The third-order valence-electron chi connectivity index (χ3n) is 5.65. The molecule has 1 aliphatic heterocycles. The van der Waals surface area contributed by atoms with Crippen LogP contribution in [0.4, 0.5) is 14.5 Å². The van der Waals surface area contributed by atoms with E-state index in [1.165, 1.54) is 31.9 Å². The van der Waals surface area contributed by atoms with E-state index in [2.05, 4.69) is 5.10 Å². The summed E-state index contributed by atoms with van der Waals surface area (Å²) in [5.74, 6) is -1.10. The summed E-state index contributed by atoms with van der Waals surface area (Å²) in [4.78, 5) is 28.8. The summed E-state index contributed by atoms with van der Waals surface area (Å²) in [6.07, 6.45) is 6.13. The summed E-state index contributed by atoms with van der Waals surface area (Å²) in [7, 11) is 0. The number of anilines is 1. The van der Waals surface area contributed by atoms with Gasteiger partial charge >= 0.3 is 0 Å². The average Bonchev–Trinajstić information content (AvgIpc) is 3.19. The van der Waals surface area contributed by atoms with Crippen LogP contribution in [0.1, 0.15) is 25.7 Å². The average molecular weight is 423 g/mol. The van der Waals surface area contributed by atoms with Gasteiger partial charge in [0.05, 0.1) is 18.4 Å². The molecule has 2 aromatic rings. The summed E-state index contributed by atoms with van der Waals surface area (Å²) in [5.41, 5.74) is -0.581. The normalized spacial score (nSPS) is 18.0. The van der Waals surface area contributed by atoms with E-state index in [9.17, 15) is 18.4 Å². The van der Waals surface area contributed by atoms with Crippen LogP contribution in [-0.4, -0.2) is 46.8 Å². The Morgan fingerprint density at radius 1 is 1.10 bits per heavy atom. The molecule has 1 saturated heterocycles. The van der Waals surface area contributed by atoms with Crippen molar-refractivity contribution in [2.45, 2.75) is 25.7 Å². The molecule has 0 radical (unpaired) electrons. The summed E-state index contributed by atoms with van der Waals surface area (Å²) in [6, 6.07) is 2.84. The molecule has 154 valence electrons. The van der Waals surface area contributed by atoms with E-state index in [-0.39, 0.29) is 23.2 Å². The van der Waals surface area contributed by atoms with Gasteiger partial charge < -0.3 is 9.80 Å². The van der Waals surface area contributed by atoms with E-state index < -0.39 is 17.2 Å². The molecule has 0 N–H and O–H groups in total. The fraction of sp³-hybridized carbons (Fsp3) is 0.450. The molecule has 9 heteroatoms. The van der Waals surface area contributed by atoms with Crippen LogP contribution >= 0.6 is 11.6 Å². The van der Waals surface area contributed by atoms with E-state index in [4.69, 9.17) is 11.6 Å². The molecular formula is C20H21ClF2N4O2. The number of aromatic nitrogens is 2. The molecule has 2 fully saturated rings. The van der Waals surface area contributed by atoms with Gasteiger partial charge in [-0.3, -0.25) is 9.59 Å². The molecule has 4 rings (SSSR count). The Labute approximate surface area is 171 Å². The monoisotopic (exact) mass is 422 g/mol. The Morgan fingerprint density at radius 3 is 2.55 bits per heavy atom. The highest BCUT2D eigenvalue weighted by molar-refractivity contribution is 6.33. The van der Waals surface area contributed by atoms with Gasteiger partial charge in [0.15, 0.2) is 5.82 Å². The standard InChI is InChI=1S/C20H21ClF2N4O2/c21-19-17(10-24-27(20(19)29)16-6-5-14(22)9-15(16)23)25-7-8-26(18(28)12-25)11-13-3-1-2-4-13/h5-6,9-10,13H,1-4,7-8,11-12H2. The maximum Gasteiger partial charge on any atom is 0.292 e. The van der Waals surface area contributed by atoms with Crippen molar-refractivity contribution in [1.82, 2.24) is 14.7 Å². The van der Waals surface area contributed by atoms with E-state index in [1.54, 1.807) is 4.90 Å². The lowest BCUT2D eigenvalue weighted by molar-refractivity contribution is -0.131. The van der Waals surface area contributed by atoms with Crippen LogP contribution in [0.3, 0.4) is 0 Å². The van der Waals surface area contributed by atoms with Crippen molar-refractivity contribution >= 4 is 23.2 Å². The molecular weight excluding hydrogens is 402 g/mol. The third-order valence-corrected chi connectivity index (χ3v) is 6.01. The molecule has 0 bridgehead atoms. The first kappa shape index (κ1) is 19.8. The molecule has 2 heterocycles. The van der Waals surface area contributed by atoms with Gasteiger partial charge in [0.2, 0.25) is 5.91 Å². The molecule has 0 atom stereocenters. The highest BCUT2D eigenvalue weighted by atomic mass is 35.5. The van der Waals surface area contributed by atoms with Crippen LogP contribution in [0.25, 0.3) is 5.69 Å². The molecule has 1 saturated carbocycles. The zero-order valence-electron chi connectivity index (χ0n) is 15.8. The van der Waals surface area contributed by atoms with Crippen molar-refractivity contribution < 1.29 is 13.6 Å². The van der Waals surface area contributed by atoms with Crippen molar-refractivity contribution in [3.63, 3.8) is 0 Å². The van der Waals surface area contributed by atoms with Gasteiger partial charge in [0.25, 0.3) is 5.56 Å². The Bertz CT molecular complexity index is 991. The predicted octanol–water partition coefficient (Wildman–Crippen LogP) is 3.00. The van der Waals surface area contributed by atoms with Crippen LogP contribution in [0.2, 0.25) is 5.02 Å². The van der Waals surface area contributed by atoms with E-state index in [0.29, 0.717) is 30.8 Å². The molecule has 0 spiro atoms. The number of benzene rings is 1. The summed E-state index contributed by atoms with van der Waals surface area (Å²) in [6.45, 7) is 1.99. The Hall–Kier alpha value is -2.48. The lowest BCUT2D eigenvalue weighted by Gasteiger charge is -2.36. The number of rotatable bonds is 4. The number of hydrogen-bond donors (Lipinski definition) is 0. The summed E-state index contributed by atoms with van der Waals surface area (Å²) in [5, 5.41) is 3.84. The summed E-state index contributed by atoms with van der Waals surface area (Å²) < 4.78 is 27.9. The second kappa shape index (κ2) is 8.10. The smallest absolute Gasteiger partial charge is 0.292 e. The third kappa shape index (κ3) is 3.99. The zero-order chi connectivity index (χ0) is 20.5. The van der Waals surface area contributed by atoms with Crippen LogP contribution in [0.5, 0.6) is 0 Å². The van der Waals surface area contributed by atoms with Crippen LogP contribution in [0, 0.1) is 17.6 Å². The van der Waals surface area contributed by atoms with Crippen molar-refractivity contribution in [3.8, 4) is 5.69 Å².